The molecule has 2 N–H and O–H groups in total. The molecule has 6 nitrogen and oxygen atoms in total. The van der Waals surface area contributed by atoms with Gasteiger partial charge in [0.15, 0.2) is 11.6 Å². The molecule has 0 radical (unpaired) electrons. The highest BCUT2D eigenvalue weighted by Gasteiger charge is 2.33. The number of thiophene rings is 1. The van der Waals surface area contributed by atoms with Crippen molar-refractivity contribution in [3.8, 4) is 10.7 Å². The van der Waals surface area contributed by atoms with Gasteiger partial charge in [-0.3, -0.25) is 4.79 Å². The van der Waals surface area contributed by atoms with Crippen LogP contribution >= 0.6 is 11.3 Å². The molecule has 26 heavy (non-hydrogen) atoms. The average Bonchev–Trinajstić information content (AvgIpc) is 3.40. The minimum Gasteiger partial charge on any atom is -0.373 e. The molecule has 3 heterocycles. The number of rotatable bonds is 4. The van der Waals surface area contributed by atoms with E-state index in [0.29, 0.717) is 17.7 Å². The summed E-state index contributed by atoms with van der Waals surface area (Å²) in [6.07, 6.45) is 7.74. The Kier molecular flexibility index (Phi) is 6.08. The summed E-state index contributed by atoms with van der Waals surface area (Å²) >= 11 is 1.60. The second kappa shape index (κ2) is 8.49. The van der Waals surface area contributed by atoms with Crippen LogP contribution in [0.4, 0.5) is 0 Å². The summed E-state index contributed by atoms with van der Waals surface area (Å²) in [4.78, 5) is 18.4. The van der Waals surface area contributed by atoms with Gasteiger partial charge in [0.25, 0.3) is 0 Å². The fraction of sp³-hybridized carbons (Fsp3) is 0.526. The van der Waals surface area contributed by atoms with Crippen LogP contribution in [-0.4, -0.2) is 33.8 Å². The monoisotopic (exact) mass is 373 g/mol. The van der Waals surface area contributed by atoms with Crippen molar-refractivity contribution in [3.63, 3.8) is 0 Å². The van der Waals surface area contributed by atoms with Gasteiger partial charge in [-0.15, -0.1) is 16.4 Å². The van der Waals surface area contributed by atoms with Crippen molar-refractivity contribution in [1.82, 2.24) is 25.4 Å². The van der Waals surface area contributed by atoms with Crippen LogP contribution in [0.15, 0.2) is 23.6 Å². The first-order valence-electron chi connectivity index (χ1n) is 9.47. The molecule has 1 amide bonds. The van der Waals surface area contributed by atoms with E-state index >= 15 is 0 Å². The molecule has 0 spiro atoms. The average molecular weight is 374 g/mol. The Labute approximate surface area is 158 Å². The molecule has 2 aliphatic rings. The van der Waals surface area contributed by atoms with Crippen LogP contribution in [0, 0.1) is 0 Å². The van der Waals surface area contributed by atoms with E-state index in [-0.39, 0.29) is 11.8 Å². The van der Waals surface area contributed by atoms with Crippen molar-refractivity contribution < 1.29 is 4.79 Å². The molecule has 1 fully saturated rings. The Morgan fingerprint density at radius 2 is 2.04 bits per heavy atom. The van der Waals surface area contributed by atoms with Gasteiger partial charge >= 0.3 is 0 Å². The fourth-order valence-corrected chi connectivity index (χ4v) is 4.09. The Morgan fingerprint density at radius 3 is 2.69 bits per heavy atom. The molecule has 2 aromatic rings. The maximum Gasteiger partial charge on any atom is 0.235 e. The molecule has 1 unspecified atom stereocenters. The number of aromatic nitrogens is 3. The highest BCUT2D eigenvalue weighted by molar-refractivity contribution is 7.13. The minimum atomic E-state index is -0.379. The van der Waals surface area contributed by atoms with Crippen LogP contribution in [0.2, 0.25) is 0 Å². The molecule has 0 bridgehead atoms. The molecule has 1 saturated carbocycles. The van der Waals surface area contributed by atoms with Crippen molar-refractivity contribution in [3.05, 3.63) is 29.4 Å². The van der Waals surface area contributed by atoms with Crippen LogP contribution in [-0.2, 0) is 4.79 Å². The van der Waals surface area contributed by atoms with Crippen molar-refractivity contribution in [2.75, 3.05) is 7.05 Å². The molecule has 140 valence electrons. The number of nitrogens with one attached hydrogen (secondary N) is 2. The van der Waals surface area contributed by atoms with E-state index in [4.69, 9.17) is 0 Å². The molecular weight excluding hydrogens is 346 g/mol. The van der Waals surface area contributed by atoms with Crippen LogP contribution in [0.1, 0.15) is 57.7 Å². The predicted molar refractivity (Wildman–Crippen MR) is 106 cm³/mol. The van der Waals surface area contributed by atoms with Gasteiger partial charge in [-0.2, -0.15) is 0 Å². The van der Waals surface area contributed by atoms with Crippen molar-refractivity contribution in [1.29, 1.82) is 0 Å². The summed E-state index contributed by atoms with van der Waals surface area (Å²) in [5.74, 6) is 1.82. The van der Waals surface area contributed by atoms with Gasteiger partial charge in [0, 0.05) is 13.1 Å². The minimum absolute atomic E-state index is 0.0264. The summed E-state index contributed by atoms with van der Waals surface area (Å²) in [7, 11) is 1.84. The molecule has 4 rings (SSSR count). The summed E-state index contributed by atoms with van der Waals surface area (Å²) in [6.45, 7) is 4.00. The summed E-state index contributed by atoms with van der Waals surface area (Å²) in [5, 5.41) is 12.9. The maximum absolute atomic E-state index is 12.8. The largest absolute Gasteiger partial charge is 0.373 e. The molecule has 1 aliphatic heterocycles. The Bertz CT molecular complexity index is 759. The number of amides is 1. The molecule has 7 heteroatoms. The van der Waals surface area contributed by atoms with Crippen LogP contribution < -0.4 is 10.6 Å². The zero-order valence-corrected chi connectivity index (χ0v) is 16.5. The van der Waals surface area contributed by atoms with Gasteiger partial charge in [-0.1, -0.05) is 39.2 Å². The van der Waals surface area contributed by atoms with E-state index in [9.17, 15) is 4.79 Å². The highest BCUT2D eigenvalue weighted by atomic mass is 32.1. The van der Waals surface area contributed by atoms with E-state index in [1.807, 2.05) is 44.5 Å². The van der Waals surface area contributed by atoms with E-state index < -0.39 is 0 Å². The predicted octanol–water partition coefficient (Wildman–Crippen LogP) is 3.60. The van der Waals surface area contributed by atoms with Crippen molar-refractivity contribution >= 4 is 23.1 Å². The first kappa shape index (κ1) is 18.6. The van der Waals surface area contributed by atoms with Crippen molar-refractivity contribution in [2.24, 2.45) is 0 Å². The molecule has 0 aromatic carbocycles. The van der Waals surface area contributed by atoms with E-state index in [2.05, 4.69) is 20.7 Å². The summed E-state index contributed by atoms with van der Waals surface area (Å²) in [5.41, 5.74) is 0. The third-order valence-corrected chi connectivity index (χ3v) is 5.56. The smallest absolute Gasteiger partial charge is 0.235 e. The Morgan fingerprint density at radius 1 is 1.27 bits per heavy atom. The van der Waals surface area contributed by atoms with Gasteiger partial charge in [-0.25, -0.2) is 9.67 Å². The Hall–Kier alpha value is -2.15. The normalized spacial score (nSPS) is 19.2. The molecule has 1 atom stereocenters. The van der Waals surface area contributed by atoms with Crippen molar-refractivity contribution in [2.45, 2.75) is 57.9 Å². The third-order valence-electron chi connectivity index (χ3n) is 4.69. The van der Waals surface area contributed by atoms with Crippen LogP contribution in [0.3, 0.4) is 0 Å². The third kappa shape index (κ3) is 3.67. The van der Waals surface area contributed by atoms with E-state index in [1.165, 1.54) is 19.3 Å². The number of nitrogens with zero attached hydrogens (tertiary/aromatic N) is 3. The fourth-order valence-electron chi connectivity index (χ4n) is 3.44. The first-order chi connectivity index (χ1) is 12.8. The SMILES string of the molecule is CC.CNC1=CC(C(=O)NC2CCCCC2)c2nc(-c3cccs3)nn21. The number of hydrogen-bond donors (Lipinski definition) is 2. The molecule has 1 aliphatic carbocycles. The van der Waals surface area contributed by atoms with Crippen LogP contribution in [0.25, 0.3) is 16.5 Å². The standard InChI is InChI=1S/C17H21N5OS.C2H6/c1-18-14-10-12(17(23)19-11-6-3-2-4-7-11)16-20-15(21-22(14)16)13-8-5-9-24-13;1-2/h5,8-12,18H,2-4,6-7H2,1H3,(H,19,23);1-2H3. The number of carbonyl (C=O) groups is 1. The number of hydrogen-bond acceptors (Lipinski definition) is 5. The highest BCUT2D eigenvalue weighted by Crippen LogP contribution is 2.31. The second-order valence-corrected chi connectivity index (χ2v) is 7.25. The summed E-state index contributed by atoms with van der Waals surface area (Å²) in [6, 6.07) is 4.27. The lowest BCUT2D eigenvalue weighted by atomic mass is 9.95. The number of fused-ring (bicyclic) bond motifs is 1. The molecule has 0 saturated heterocycles. The quantitative estimate of drug-likeness (QED) is 0.859. The lowest BCUT2D eigenvalue weighted by molar-refractivity contribution is -0.122. The zero-order valence-electron chi connectivity index (χ0n) is 15.7. The number of carbonyl (C=O) groups excluding carboxylic acids is 1. The first-order valence-corrected chi connectivity index (χ1v) is 10.4. The molecule has 2 aromatic heterocycles. The maximum atomic E-state index is 12.8. The van der Waals surface area contributed by atoms with Gasteiger partial charge in [0.2, 0.25) is 5.91 Å². The van der Waals surface area contributed by atoms with E-state index in [1.54, 1.807) is 16.0 Å². The van der Waals surface area contributed by atoms with Gasteiger partial charge in [-0.05, 0) is 30.4 Å². The molecular formula is C19H27N5OS. The van der Waals surface area contributed by atoms with E-state index in [0.717, 1.165) is 23.5 Å². The topological polar surface area (TPSA) is 71.8 Å². The van der Waals surface area contributed by atoms with Gasteiger partial charge < -0.3 is 10.6 Å². The van der Waals surface area contributed by atoms with Crippen LogP contribution in [0.5, 0.6) is 0 Å². The van der Waals surface area contributed by atoms with Gasteiger partial charge in [0.1, 0.15) is 11.7 Å². The van der Waals surface area contributed by atoms with Gasteiger partial charge in [0.05, 0.1) is 4.88 Å². The summed E-state index contributed by atoms with van der Waals surface area (Å²) < 4.78 is 1.75. The lowest BCUT2D eigenvalue weighted by Crippen LogP contribution is -2.38. The lowest BCUT2D eigenvalue weighted by Gasteiger charge is -2.23. The zero-order chi connectivity index (χ0) is 18.5. The second-order valence-electron chi connectivity index (χ2n) is 6.31. The Balaban J connectivity index is 0.000000948.